The molecule has 1 fully saturated rings. The van der Waals surface area contributed by atoms with Crippen LogP contribution in [0.5, 0.6) is 5.75 Å². The van der Waals surface area contributed by atoms with Crippen LogP contribution in [0.15, 0.2) is 24.3 Å². The highest BCUT2D eigenvalue weighted by Gasteiger charge is 2.30. The number of para-hydroxylation sites is 1. The summed E-state index contributed by atoms with van der Waals surface area (Å²) in [5.74, 6) is 3.77. The van der Waals surface area contributed by atoms with Crippen LogP contribution in [-0.2, 0) is 20.0 Å². The smallest absolute Gasteiger partial charge is 0.146 e. The van der Waals surface area contributed by atoms with Gasteiger partial charge in [-0.05, 0) is 24.8 Å². The molecule has 2 heterocycles. The van der Waals surface area contributed by atoms with Gasteiger partial charge in [0.2, 0.25) is 0 Å². The van der Waals surface area contributed by atoms with Crippen LogP contribution in [0.1, 0.15) is 49.9 Å². The van der Waals surface area contributed by atoms with Crippen molar-refractivity contribution in [3.63, 3.8) is 0 Å². The van der Waals surface area contributed by atoms with Gasteiger partial charge >= 0.3 is 0 Å². The molecule has 1 aromatic carbocycles. The van der Waals surface area contributed by atoms with Crippen molar-refractivity contribution >= 4 is 0 Å². The maximum atomic E-state index is 5.61. The predicted octanol–water partition coefficient (Wildman–Crippen LogP) is 3.36. The highest BCUT2D eigenvalue weighted by Crippen LogP contribution is 2.38. The Balaban J connectivity index is 1.88. The molecule has 0 radical (unpaired) electrons. The molecule has 5 nitrogen and oxygen atoms in total. The van der Waals surface area contributed by atoms with Crippen LogP contribution in [-0.4, -0.2) is 33.3 Å². The van der Waals surface area contributed by atoms with Crippen LogP contribution in [0.2, 0.25) is 0 Å². The maximum Gasteiger partial charge on any atom is 0.146 e. The van der Waals surface area contributed by atoms with E-state index in [0.29, 0.717) is 12.0 Å². The Morgan fingerprint density at radius 1 is 1.17 bits per heavy atom. The topological polar surface area (TPSA) is 43.2 Å². The summed E-state index contributed by atoms with van der Waals surface area (Å²) in [7, 11) is 3.82. The molecule has 24 heavy (non-hydrogen) atoms. The van der Waals surface area contributed by atoms with Crippen LogP contribution in [0, 0.1) is 5.92 Å². The lowest BCUT2D eigenvalue weighted by Crippen LogP contribution is -2.37. The van der Waals surface area contributed by atoms with Gasteiger partial charge in [-0.3, -0.25) is 4.90 Å². The summed E-state index contributed by atoms with van der Waals surface area (Å²) in [6, 6.07) is 8.77. The number of hydrogen-bond donors (Lipinski definition) is 0. The summed E-state index contributed by atoms with van der Waals surface area (Å²) in [5, 5.41) is 8.73. The van der Waals surface area contributed by atoms with E-state index in [4.69, 9.17) is 4.74 Å². The molecular formula is C19H28N4O. The van der Waals surface area contributed by atoms with Crippen molar-refractivity contribution in [2.24, 2.45) is 13.0 Å². The third-order valence-electron chi connectivity index (χ3n) is 5.13. The Bertz CT molecular complexity index is 682. The van der Waals surface area contributed by atoms with Crippen molar-refractivity contribution in [1.82, 2.24) is 19.7 Å². The fourth-order valence-corrected chi connectivity index (χ4v) is 3.74. The molecule has 3 rings (SSSR count). The van der Waals surface area contributed by atoms with Gasteiger partial charge in [0.25, 0.3) is 0 Å². The molecule has 0 N–H and O–H groups in total. The van der Waals surface area contributed by atoms with Gasteiger partial charge in [0.15, 0.2) is 0 Å². The second-order valence-corrected chi connectivity index (χ2v) is 6.81. The molecule has 0 aliphatic carbocycles. The lowest BCUT2D eigenvalue weighted by Gasteiger charge is -2.39. The standard InChI is InChI=1S/C19H28N4O/c1-5-18-20-21-19(22(18)3)13-23-12-14(2)10-11-16(23)15-8-6-7-9-17(15)24-4/h6-9,14,16H,5,10-13H2,1-4H3/t14-,16-/m1/s1. The van der Waals surface area contributed by atoms with Gasteiger partial charge in [-0.15, -0.1) is 10.2 Å². The van der Waals surface area contributed by atoms with Crippen molar-refractivity contribution in [3.8, 4) is 5.75 Å². The zero-order valence-electron chi connectivity index (χ0n) is 15.2. The summed E-state index contributed by atoms with van der Waals surface area (Å²) in [6.45, 7) is 6.36. The number of aryl methyl sites for hydroxylation is 1. The highest BCUT2D eigenvalue weighted by atomic mass is 16.5. The Kier molecular flexibility index (Phi) is 5.19. The van der Waals surface area contributed by atoms with Crippen molar-refractivity contribution < 1.29 is 4.74 Å². The molecule has 1 aliphatic rings. The van der Waals surface area contributed by atoms with Crippen LogP contribution < -0.4 is 4.74 Å². The molecule has 0 unspecified atom stereocenters. The monoisotopic (exact) mass is 328 g/mol. The van der Waals surface area contributed by atoms with E-state index in [0.717, 1.165) is 43.3 Å². The number of likely N-dealkylation sites (tertiary alicyclic amines) is 1. The average Bonchev–Trinajstić information content (AvgIpc) is 2.95. The van der Waals surface area contributed by atoms with Gasteiger partial charge in [-0.2, -0.15) is 0 Å². The molecule has 130 valence electrons. The maximum absolute atomic E-state index is 5.61. The molecule has 1 aliphatic heterocycles. The number of ether oxygens (including phenoxy) is 1. The first-order valence-corrected chi connectivity index (χ1v) is 8.88. The Morgan fingerprint density at radius 3 is 2.62 bits per heavy atom. The summed E-state index contributed by atoms with van der Waals surface area (Å²) >= 11 is 0. The van der Waals surface area contributed by atoms with E-state index < -0.39 is 0 Å². The molecule has 0 saturated carbocycles. The Hall–Kier alpha value is -1.88. The fraction of sp³-hybridized carbons (Fsp3) is 0.579. The molecule has 0 bridgehead atoms. The zero-order valence-corrected chi connectivity index (χ0v) is 15.2. The van der Waals surface area contributed by atoms with Gasteiger partial charge in [0.05, 0.1) is 13.7 Å². The van der Waals surface area contributed by atoms with Gasteiger partial charge < -0.3 is 9.30 Å². The molecule has 0 amide bonds. The van der Waals surface area contributed by atoms with E-state index in [1.807, 2.05) is 6.07 Å². The summed E-state index contributed by atoms with van der Waals surface area (Å²) in [6.07, 6.45) is 3.31. The number of hydrogen-bond acceptors (Lipinski definition) is 4. The number of nitrogens with zero attached hydrogens (tertiary/aromatic N) is 4. The third kappa shape index (κ3) is 3.31. The van der Waals surface area contributed by atoms with E-state index in [9.17, 15) is 0 Å². The fourth-order valence-electron chi connectivity index (χ4n) is 3.74. The second-order valence-electron chi connectivity index (χ2n) is 6.81. The van der Waals surface area contributed by atoms with Crippen molar-refractivity contribution in [3.05, 3.63) is 41.5 Å². The number of rotatable bonds is 5. The Morgan fingerprint density at radius 2 is 1.92 bits per heavy atom. The van der Waals surface area contributed by atoms with E-state index in [1.54, 1.807) is 7.11 Å². The van der Waals surface area contributed by atoms with Crippen molar-refractivity contribution in [2.75, 3.05) is 13.7 Å². The summed E-state index contributed by atoms with van der Waals surface area (Å²) < 4.78 is 7.75. The number of methoxy groups -OCH3 is 1. The van der Waals surface area contributed by atoms with E-state index in [1.165, 1.54) is 12.0 Å². The number of benzene rings is 1. The first kappa shape index (κ1) is 17.0. The lowest BCUT2D eigenvalue weighted by molar-refractivity contribution is 0.100. The van der Waals surface area contributed by atoms with Gasteiger partial charge in [0, 0.05) is 31.6 Å². The number of aromatic nitrogens is 3. The van der Waals surface area contributed by atoms with Crippen LogP contribution in [0.25, 0.3) is 0 Å². The first-order valence-electron chi connectivity index (χ1n) is 8.88. The van der Waals surface area contributed by atoms with Crippen molar-refractivity contribution in [2.45, 2.75) is 45.7 Å². The lowest BCUT2D eigenvalue weighted by atomic mass is 9.89. The number of piperidine rings is 1. The van der Waals surface area contributed by atoms with Crippen molar-refractivity contribution in [1.29, 1.82) is 0 Å². The first-order chi connectivity index (χ1) is 11.6. The average molecular weight is 328 g/mol. The molecule has 0 spiro atoms. The van der Waals surface area contributed by atoms with Crippen LogP contribution >= 0.6 is 0 Å². The molecular weight excluding hydrogens is 300 g/mol. The molecule has 2 atom stereocenters. The van der Waals surface area contributed by atoms with Gasteiger partial charge in [-0.25, -0.2) is 0 Å². The predicted molar refractivity (Wildman–Crippen MR) is 94.9 cm³/mol. The SMILES string of the molecule is CCc1nnc(CN2C[C@H](C)CC[C@@H]2c2ccccc2OC)n1C. The van der Waals surface area contributed by atoms with Crippen LogP contribution in [0.3, 0.4) is 0 Å². The Labute approximate surface area is 144 Å². The van der Waals surface area contributed by atoms with Crippen LogP contribution in [0.4, 0.5) is 0 Å². The molecule has 2 aromatic rings. The molecule has 1 aromatic heterocycles. The summed E-state index contributed by atoms with van der Waals surface area (Å²) in [4.78, 5) is 2.54. The molecule has 1 saturated heterocycles. The zero-order chi connectivity index (χ0) is 17.1. The van der Waals surface area contributed by atoms with E-state index in [-0.39, 0.29) is 0 Å². The van der Waals surface area contributed by atoms with E-state index in [2.05, 4.69) is 58.8 Å². The molecule has 5 heteroatoms. The minimum atomic E-state index is 0.374. The second kappa shape index (κ2) is 7.34. The highest BCUT2D eigenvalue weighted by molar-refractivity contribution is 5.36. The van der Waals surface area contributed by atoms with Gasteiger partial charge in [-0.1, -0.05) is 32.0 Å². The summed E-state index contributed by atoms with van der Waals surface area (Å²) in [5.41, 5.74) is 1.28. The quantitative estimate of drug-likeness (QED) is 0.844. The minimum absolute atomic E-state index is 0.374. The normalized spacial score (nSPS) is 21.8. The largest absolute Gasteiger partial charge is 0.496 e. The van der Waals surface area contributed by atoms with Gasteiger partial charge in [0.1, 0.15) is 17.4 Å². The minimum Gasteiger partial charge on any atom is -0.496 e. The van der Waals surface area contributed by atoms with E-state index >= 15 is 0 Å². The third-order valence-corrected chi connectivity index (χ3v) is 5.13.